The summed E-state index contributed by atoms with van der Waals surface area (Å²) in [6.07, 6.45) is 17.2. The van der Waals surface area contributed by atoms with Crippen molar-refractivity contribution in [3.63, 3.8) is 0 Å². The third-order valence-corrected chi connectivity index (χ3v) is 7.88. The van der Waals surface area contributed by atoms with Crippen molar-refractivity contribution in [1.82, 2.24) is 9.55 Å². The lowest BCUT2D eigenvalue weighted by Gasteiger charge is -2.37. The van der Waals surface area contributed by atoms with Gasteiger partial charge in [-0.25, -0.2) is 4.98 Å². The predicted molar refractivity (Wildman–Crippen MR) is 129 cm³/mol. The Hall–Kier alpha value is -1.32. The van der Waals surface area contributed by atoms with E-state index in [1.807, 2.05) is 11.5 Å². The van der Waals surface area contributed by atoms with Gasteiger partial charge in [0.15, 0.2) is 0 Å². The van der Waals surface area contributed by atoms with Crippen LogP contribution in [0.15, 0.2) is 4.79 Å². The van der Waals surface area contributed by atoms with Gasteiger partial charge in [-0.1, -0.05) is 91.9 Å². The fourth-order valence-corrected chi connectivity index (χ4v) is 6.87. The van der Waals surface area contributed by atoms with E-state index in [-0.39, 0.29) is 22.9 Å². The van der Waals surface area contributed by atoms with Crippen LogP contribution in [0, 0.1) is 18.3 Å². The normalized spacial score (nSPS) is 20.4. The van der Waals surface area contributed by atoms with Gasteiger partial charge in [-0.3, -0.25) is 9.36 Å². The van der Waals surface area contributed by atoms with Gasteiger partial charge in [0.25, 0.3) is 5.56 Å². The van der Waals surface area contributed by atoms with Crippen molar-refractivity contribution in [2.75, 3.05) is 0 Å². The largest absolute Gasteiger partial charge is 0.493 e. The van der Waals surface area contributed by atoms with E-state index < -0.39 is 5.41 Å². The lowest BCUT2D eigenvalue weighted by atomic mass is 9.68. The first kappa shape index (κ1) is 24.3. The van der Waals surface area contributed by atoms with Crippen molar-refractivity contribution < 1.29 is 5.11 Å². The molecule has 1 aromatic heterocycles. The molecule has 0 saturated heterocycles. The summed E-state index contributed by atoms with van der Waals surface area (Å²) in [6, 6.07) is 0.219. The number of aromatic nitrogens is 2. The van der Waals surface area contributed by atoms with Crippen LogP contribution in [0.1, 0.15) is 135 Å². The van der Waals surface area contributed by atoms with Gasteiger partial charge < -0.3 is 5.11 Å². The Balaban J connectivity index is 1.87. The van der Waals surface area contributed by atoms with Crippen LogP contribution < -0.4 is 5.56 Å². The summed E-state index contributed by atoms with van der Waals surface area (Å²) in [4.78, 5) is 18.2. The van der Waals surface area contributed by atoms with E-state index >= 15 is 0 Å². The van der Waals surface area contributed by atoms with E-state index in [1.165, 1.54) is 70.6 Å². The van der Waals surface area contributed by atoms with Crippen LogP contribution in [-0.4, -0.2) is 14.7 Å². The van der Waals surface area contributed by atoms with Crippen molar-refractivity contribution in [2.45, 2.75) is 136 Å². The zero-order valence-corrected chi connectivity index (χ0v) is 20.8. The number of hydrogen-bond acceptors (Lipinski definition) is 3. The molecule has 0 radical (unpaired) electrons. The maximum atomic E-state index is 13.8. The van der Waals surface area contributed by atoms with Crippen molar-refractivity contribution in [1.29, 1.82) is 0 Å². The molecule has 2 saturated carbocycles. The second-order valence-corrected chi connectivity index (χ2v) is 12.0. The molecule has 176 valence electrons. The number of aryl methyl sites for hydroxylation is 1. The van der Waals surface area contributed by atoms with Gasteiger partial charge in [-0.05, 0) is 43.9 Å². The van der Waals surface area contributed by atoms with Gasteiger partial charge in [0, 0.05) is 11.5 Å². The molecule has 31 heavy (non-hydrogen) atoms. The minimum absolute atomic E-state index is 0.00725. The summed E-state index contributed by atoms with van der Waals surface area (Å²) in [6.45, 7) is 10.8. The Kier molecular flexibility index (Phi) is 7.91. The van der Waals surface area contributed by atoms with Crippen molar-refractivity contribution in [3.8, 4) is 5.88 Å². The summed E-state index contributed by atoms with van der Waals surface area (Å²) >= 11 is 0. The minimum atomic E-state index is -0.414. The Morgan fingerprint density at radius 3 is 1.97 bits per heavy atom. The highest BCUT2D eigenvalue weighted by molar-refractivity contribution is 5.31. The third kappa shape index (κ3) is 6.14. The summed E-state index contributed by atoms with van der Waals surface area (Å²) in [5.74, 6) is 1.40. The maximum Gasteiger partial charge on any atom is 0.261 e. The SMILES string of the molecule is Cc1nc(O)c(C(C)(C)CC(C)(C)CC2CCCCCC2)c(=O)n1C1CCCCCC1. The highest BCUT2D eigenvalue weighted by atomic mass is 16.3. The lowest BCUT2D eigenvalue weighted by molar-refractivity contribution is 0.187. The monoisotopic (exact) mass is 430 g/mol. The number of aromatic hydroxyl groups is 1. The summed E-state index contributed by atoms with van der Waals surface area (Å²) in [7, 11) is 0. The van der Waals surface area contributed by atoms with Gasteiger partial charge >= 0.3 is 0 Å². The Bertz CT molecular complexity index is 777. The topological polar surface area (TPSA) is 55.1 Å². The molecule has 0 spiro atoms. The summed E-state index contributed by atoms with van der Waals surface area (Å²) in [5.41, 5.74) is 0.223. The fraction of sp³-hybridized carbons (Fsp3) is 0.852. The molecule has 0 bridgehead atoms. The van der Waals surface area contributed by atoms with E-state index in [0.717, 1.165) is 25.2 Å². The molecule has 0 amide bonds. The zero-order valence-electron chi connectivity index (χ0n) is 20.8. The fourth-order valence-electron chi connectivity index (χ4n) is 6.87. The quantitative estimate of drug-likeness (QED) is 0.485. The zero-order chi connectivity index (χ0) is 22.6. The average molecular weight is 431 g/mol. The van der Waals surface area contributed by atoms with E-state index in [4.69, 9.17) is 0 Å². The molecule has 2 aliphatic carbocycles. The number of nitrogens with zero attached hydrogens (tertiary/aromatic N) is 2. The molecule has 3 rings (SSSR count). The van der Waals surface area contributed by atoms with Crippen LogP contribution in [0.5, 0.6) is 5.88 Å². The molecule has 0 unspecified atom stereocenters. The smallest absolute Gasteiger partial charge is 0.261 e. The van der Waals surface area contributed by atoms with Crippen LogP contribution in [0.2, 0.25) is 0 Å². The highest BCUT2D eigenvalue weighted by Crippen LogP contribution is 2.43. The number of hydrogen-bond donors (Lipinski definition) is 1. The molecule has 0 atom stereocenters. The van der Waals surface area contributed by atoms with Gasteiger partial charge in [0.2, 0.25) is 5.88 Å². The summed E-state index contributed by atoms with van der Waals surface area (Å²) in [5, 5.41) is 10.8. The summed E-state index contributed by atoms with van der Waals surface area (Å²) < 4.78 is 1.92. The van der Waals surface area contributed by atoms with Crippen molar-refractivity contribution in [2.24, 2.45) is 11.3 Å². The second-order valence-electron chi connectivity index (χ2n) is 12.0. The van der Waals surface area contributed by atoms with Crippen LogP contribution in [0.3, 0.4) is 0 Å². The average Bonchev–Trinajstić information content (AvgIpc) is 3.04. The molecular formula is C27H46N2O2. The van der Waals surface area contributed by atoms with Gasteiger partial charge in [-0.15, -0.1) is 0 Å². The molecule has 2 aliphatic rings. The van der Waals surface area contributed by atoms with Crippen LogP contribution in [0.4, 0.5) is 0 Å². The molecule has 1 N–H and O–H groups in total. The first-order valence-electron chi connectivity index (χ1n) is 12.9. The van der Waals surface area contributed by atoms with Crippen molar-refractivity contribution >= 4 is 0 Å². The molecule has 0 aromatic carbocycles. The molecule has 1 aromatic rings. The van der Waals surface area contributed by atoms with Crippen LogP contribution in [-0.2, 0) is 5.41 Å². The van der Waals surface area contributed by atoms with Crippen molar-refractivity contribution in [3.05, 3.63) is 21.7 Å². The second kappa shape index (κ2) is 10.1. The first-order valence-corrected chi connectivity index (χ1v) is 12.9. The van der Waals surface area contributed by atoms with Gasteiger partial charge in [-0.2, -0.15) is 0 Å². The Morgan fingerprint density at radius 1 is 0.903 bits per heavy atom. The highest BCUT2D eigenvalue weighted by Gasteiger charge is 2.37. The standard InChI is InChI=1S/C27H46N2O2/c1-20-28-24(30)23(25(31)29(20)22-16-12-8-9-13-17-22)27(4,5)19-26(2,3)18-21-14-10-6-7-11-15-21/h21-22,30H,6-19H2,1-5H3. The van der Waals surface area contributed by atoms with E-state index in [0.29, 0.717) is 11.4 Å². The van der Waals surface area contributed by atoms with Gasteiger partial charge in [0.1, 0.15) is 5.82 Å². The lowest BCUT2D eigenvalue weighted by Crippen LogP contribution is -2.38. The van der Waals surface area contributed by atoms with Crippen LogP contribution in [0.25, 0.3) is 0 Å². The maximum absolute atomic E-state index is 13.8. The van der Waals surface area contributed by atoms with E-state index in [9.17, 15) is 9.90 Å². The predicted octanol–water partition coefficient (Wildman–Crippen LogP) is 7.21. The Labute approximate surface area is 189 Å². The molecule has 4 nitrogen and oxygen atoms in total. The molecule has 1 heterocycles. The molecule has 2 fully saturated rings. The Morgan fingerprint density at radius 2 is 1.42 bits per heavy atom. The third-order valence-electron chi connectivity index (χ3n) is 7.88. The van der Waals surface area contributed by atoms with Gasteiger partial charge in [0.05, 0.1) is 5.56 Å². The minimum Gasteiger partial charge on any atom is -0.493 e. The number of rotatable bonds is 6. The van der Waals surface area contributed by atoms with Crippen LogP contribution >= 0.6 is 0 Å². The van der Waals surface area contributed by atoms with E-state index in [2.05, 4.69) is 32.7 Å². The first-order chi connectivity index (χ1) is 14.6. The molecule has 4 heteroatoms. The molecular weight excluding hydrogens is 384 g/mol. The van der Waals surface area contributed by atoms with E-state index in [1.54, 1.807) is 0 Å². The molecule has 0 aliphatic heterocycles.